The maximum Gasteiger partial charge on any atom is 0.472 e. The zero-order valence-corrected chi connectivity index (χ0v) is 74.4. The van der Waals surface area contributed by atoms with Gasteiger partial charge in [0.15, 0.2) is 12.2 Å². The summed E-state index contributed by atoms with van der Waals surface area (Å²) in [4.78, 5) is 73.4. The number of aliphatic hydroxyl groups excluding tert-OH is 1. The number of unbranched alkanes of at least 4 members (excludes halogenated alkanes) is 58. The molecule has 0 heterocycles. The number of aliphatic hydroxyl groups is 1. The summed E-state index contributed by atoms with van der Waals surface area (Å²) < 4.78 is 69.1. The van der Waals surface area contributed by atoms with Crippen molar-refractivity contribution in [3.8, 4) is 0 Å². The van der Waals surface area contributed by atoms with Gasteiger partial charge in [-0.15, -0.1) is 0 Å². The lowest BCUT2D eigenvalue weighted by molar-refractivity contribution is -0.161. The van der Waals surface area contributed by atoms with Gasteiger partial charge in [0.05, 0.1) is 26.4 Å². The molecule has 0 aromatic carbocycles. The molecule has 0 rings (SSSR count). The Kier molecular flexibility index (Phi) is 80.7. The lowest BCUT2D eigenvalue weighted by atomic mass is 9.99. The van der Waals surface area contributed by atoms with Crippen molar-refractivity contribution in [3.63, 3.8) is 0 Å². The van der Waals surface area contributed by atoms with E-state index in [1.165, 1.54) is 308 Å². The molecule has 4 unspecified atom stereocenters. The fraction of sp³-hybridized carbons (Fsp3) is 0.956. The van der Waals surface area contributed by atoms with Gasteiger partial charge in [0.1, 0.15) is 19.3 Å². The number of rotatable bonds is 90. The Morgan fingerprint density at radius 2 is 0.436 bits per heavy atom. The van der Waals surface area contributed by atoms with Crippen LogP contribution in [-0.4, -0.2) is 96.7 Å². The van der Waals surface area contributed by atoms with Crippen LogP contribution in [0.4, 0.5) is 0 Å². The minimum atomic E-state index is -4.97. The summed E-state index contributed by atoms with van der Waals surface area (Å²) in [5.41, 5.74) is 0. The zero-order chi connectivity index (χ0) is 80.6. The Morgan fingerprint density at radius 3 is 0.645 bits per heavy atom. The lowest BCUT2D eigenvalue weighted by Crippen LogP contribution is -2.30. The maximum atomic E-state index is 13.2. The summed E-state index contributed by atoms with van der Waals surface area (Å²) in [6, 6.07) is 0. The number of ether oxygens (including phenoxy) is 4. The van der Waals surface area contributed by atoms with Gasteiger partial charge in [0.2, 0.25) is 0 Å². The molecule has 0 amide bonds. The van der Waals surface area contributed by atoms with Gasteiger partial charge in [-0.3, -0.25) is 37.3 Å². The Hall–Kier alpha value is -1.94. The largest absolute Gasteiger partial charge is 0.472 e. The first-order chi connectivity index (χ1) is 53.4. The first-order valence-electron chi connectivity index (χ1n) is 47.1. The standard InChI is InChI=1S/C91H178O17P2/c1-7-11-13-15-17-19-21-23-25-27-32-36-40-44-48-55-61-67-73-88(93)101-79-86(107-90(95)75-70-64-58-50-46-42-38-34-30-29-31-35-39-43-47-53-59-65-71-83(5)9-3)81-105-109(97,98)103-77-85(92)78-104-110(99,100)106-82-87(80-102-89(94)74-68-62-56-52-51-54-60-66-72-84(6)10-4)108-91(96)76-69-63-57-49-45-41-37-33-28-26-24-22-20-18-16-14-12-8-2/h83-87,92H,7-82H2,1-6H3,(H,97,98)(H,99,100)/t83?,84?,85-,86-,87-/m1/s1. The summed E-state index contributed by atoms with van der Waals surface area (Å²) in [6.07, 6.45) is 76.3. The molecule has 654 valence electrons. The van der Waals surface area contributed by atoms with Crippen LogP contribution in [0.5, 0.6) is 0 Å². The molecular weight excluding hydrogens is 1430 g/mol. The quantitative estimate of drug-likeness (QED) is 0.0222. The second kappa shape index (κ2) is 82.2. The Morgan fingerprint density at radius 1 is 0.255 bits per heavy atom. The number of phosphoric acid groups is 2. The fourth-order valence-electron chi connectivity index (χ4n) is 14.2. The van der Waals surface area contributed by atoms with Crippen molar-refractivity contribution in [3.05, 3.63) is 0 Å². The number of hydrogen-bond donors (Lipinski definition) is 3. The van der Waals surface area contributed by atoms with Crippen molar-refractivity contribution in [2.45, 2.75) is 509 Å². The average molecular weight is 1610 g/mol. The third kappa shape index (κ3) is 81.2. The highest BCUT2D eigenvalue weighted by atomic mass is 31.2. The summed E-state index contributed by atoms with van der Waals surface area (Å²) >= 11 is 0. The molecule has 110 heavy (non-hydrogen) atoms. The summed E-state index contributed by atoms with van der Waals surface area (Å²) in [6.45, 7) is 9.78. The fourth-order valence-corrected chi connectivity index (χ4v) is 15.8. The van der Waals surface area contributed by atoms with E-state index >= 15 is 0 Å². The average Bonchev–Trinajstić information content (AvgIpc) is 0.898. The number of esters is 4. The summed E-state index contributed by atoms with van der Waals surface area (Å²) in [5.74, 6) is -0.447. The monoisotopic (exact) mass is 1610 g/mol. The van der Waals surface area contributed by atoms with Gasteiger partial charge in [0.25, 0.3) is 0 Å². The first-order valence-corrected chi connectivity index (χ1v) is 50.1. The van der Waals surface area contributed by atoms with E-state index in [-0.39, 0.29) is 25.7 Å². The first kappa shape index (κ1) is 108. The van der Waals surface area contributed by atoms with E-state index in [4.69, 9.17) is 37.0 Å². The maximum absolute atomic E-state index is 13.2. The van der Waals surface area contributed by atoms with E-state index in [1.807, 2.05) is 0 Å². The van der Waals surface area contributed by atoms with Crippen LogP contribution >= 0.6 is 15.6 Å². The van der Waals surface area contributed by atoms with E-state index in [9.17, 15) is 43.2 Å². The molecule has 0 saturated carbocycles. The topological polar surface area (TPSA) is 237 Å². The lowest BCUT2D eigenvalue weighted by Gasteiger charge is -2.21. The van der Waals surface area contributed by atoms with Crippen molar-refractivity contribution >= 4 is 39.5 Å². The molecule has 0 aromatic rings. The third-order valence-corrected chi connectivity index (χ3v) is 24.1. The van der Waals surface area contributed by atoms with Crippen LogP contribution in [0.2, 0.25) is 0 Å². The second-order valence-electron chi connectivity index (χ2n) is 33.2. The van der Waals surface area contributed by atoms with Crippen LogP contribution in [0, 0.1) is 11.8 Å². The third-order valence-electron chi connectivity index (χ3n) is 22.2. The molecule has 0 saturated heterocycles. The predicted octanol–water partition coefficient (Wildman–Crippen LogP) is 28.2. The normalized spacial score (nSPS) is 14.2. The molecule has 19 heteroatoms. The molecule has 0 radical (unpaired) electrons. The zero-order valence-electron chi connectivity index (χ0n) is 72.6. The number of hydrogen-bond acceptors (Lipinski definition) is 15. The van der Waals surface area contributed by atoms with Gasteiger partial charge in [-0.1, -0.05) is 440 Å². The molecule has 17 nitrogen and oxygen atoms in total. The highest BCUT2D eigenvalue weighted by Crippen LogP contribution is 2.45. The van der Waals surface area contributed by atoms with Crippen LogP contribution in [0.25, 0.3) is 0 Å². The summed E-state index contributed by atoms with van der Waals surface area (Å²) in [7, 11) is -9.94. The van der Waals surface area contributed by atoms with Gasteiger partial charge in [0, 0.05) is 25.7 Å². The number of phosphoric ester groups is 2. The van der Waals surface area contributed by atoms with E-state index in [2.05, 4.69) is 41.5 Å². The molecule has 0 bridgehead atoms. The second-order valence-corrected chi connectivity index (χ2v) is 36.1. The van der Waals surface area contributed by atoms with Crippen molar-refractivity contribution in [1.82, 2.24) is 0 Å². The molecule has 0 spiro atoms. The van der Waals surface area contributed by atoms with Crippen molar-refractivity contribution in [2.24, 2.45) is 11.8 Å². The smallest absolute Gasteiger partial charge is 0.462 e. The van der Waals surface area contributed by atoms with Crippen LogP contribution in [0.3, 0.4) is 0 Å². The molecule has 3 N–H and O–H groups in total. The minimum absolute atomic E-state index is 0.109. The molecular formula is C91H178O17P2. The molecule has 0 fully saturated rings. The summed E-state index contributed by atoms with van der Waals surface area (Å²) in [5, 5.41) is 10.7. The van der Waals surface area contributed by atoms with Gasteiger partial charge in [-0.05, 0) is 37.5 Å². The van der Waals surface area contributed by atoms with Gasteiger partial charge in [-0.2, -0.15) is 0 Å². The van der Waals surface area contributed by atoms with Crippen molar-refractivity contribution in [1.29, 1.82) is 0 Å². The van der Waals surface area contributed by atoms with Gasteiger partial charge >= 0.3 is 39.5 Å². The van der Waals surface area contributed by atoms with Crippen molar-refractivity contribution < 1.29 is 80.2 Å². The van der Waals surface area contributed by atoms with Gasteiger partial charge in [-0.25, -0.2) is 9.13 Å². The Bertz CT molecular complexity index is 2100. The Balaban J connectivity index is 5.25. The Labute approximate surface area is 677 Å². The van der Waals surface area contributed by atoms with E-state index < -0.39 is 97.5 Å². The van der Waals surface area contributed by atoms with E-state index in [1.54, 1.807) is 0 Å². The van der Waals surface area contributed by atoms with Crippen LogP contribution < -0.4 is 0 Å². The molecule has 0 aromatic heterocycles. The van der Waals surface area contributed by atoms with Crippen molar-refractivity contribution in [2.75, 3.05) is 39.6 Å². The molecule has 7 atom stereocenters. The van der Waals surface area contributed by atoms with E-state index in [0.29, 0.717) is 25.7 Å². The highest BCUT2D eigenvalue weighted by molar-refractivity contribution is 7.47. The van der Waals surface area contributed by atoms with Crippen LogP contribution in [0.15, 0.2) is 0 Å². The highest BCUT2D eigenvalue weighted by Gasteiger charge is 2.31. The molecule has 0 aliphatic rings. The van der Waals surface area contributed by atoms with Crippen LogP contribution in [0.1, 0.15) is 491 Å². The molecule has 0 aliphatic carbocycles. The predicted molar refractivity (Wildman–Crippen MR) is 455 cm³/mol. The number of carbonyl (C=O) groups is 4. The van der Waals surface area contributed by atoms with Gasteiger partial charge < -0.3 is 33.8 Å². The molecule has 0 aliphatic heterocycles. The number of carbonyl (C=O) groups excluding carboxylic acids is 4. The van der Waals surface area contributed by atoms with Crippen LogP contribution in [-0.2, 0) is 65.4 Å². The SMILES string of the molecule is CCCCCCCCCCCCCCCCCCCCC(=O)OC[C@H](COP(=O)(O)OC[C@@H](O)COP(=O)(O)OC[C@@H](COC(=O)CCCCCCCCCCC(C)CC)OC(=O)CCCCCCCCCCCCCCCCCCCC)OC(=O)CCCCCCCCCCCCCCCCCCCCC(C)CC. The minimum Gasteiger partial charge on any atom is -0.462 e. The van der Waals surface area contributed by atoms with E-state index in [0.717, 1.165) is 102 Å².